The number of rotatable bonds is 10. The predicted octanol–water partition coefficient (Wildman–Crippen LogP) is 5.10. The van der Waals surface area contributed by atoms with E-state index >= 15 is 0 Å². The van der Waals surface area contributed by atoms with Crippen LogP contribution in [0.4, 0.5) is 0 Å². The van der Waals surface area contributed by atoms with Gasteiger partial charge >= 0.3 is 0 Å². The number of imidazole rings is 1. The minimum Gasteiger partial charge on any atom is -0.497 e. The van der Waals surface area contributed by atoms with Gasteiger partial charge in [-0.1, -0.05) is 18.2 Å². The van der Waals surface area contributed by atoms with Gasteiger partial charge in [-0.05, 0) is 55.0 Å². The van der Waals surface area contributed by atoms with Gasteiger partial charge in [-0.25, -0.2) is 4.98 Å². The molecule has 0 saturated heterocycles. The van der Waals surface area contributed by atoms with Crippen molar-refractivity contribution in [2.24, 2.45) is 0 Å². The number of para-hydroxylation sites is 2. The van der Waals surface area contributed by atoms with Gasteiger partial charge in [0.05, 0.1) is 31.9 Å². The van der Waals surface area contributed by atoms with Crippen LogP contribution in [0.1, 0.15) is 12.2 Å². The van der Waals surface area contributed by atoms with E-state index in [1.54, 1.807) is 14.2 Å². The number of aromatic nitrogens is 2. The summed E-state index contributed by atoms with van der Waals surface area (Å²) in [6.45, 7) is 1.77. The molecule has 0 atom stereocenters. The summed E-state index contributed by atoms with van der Waals surface area (Å²) in [7, 11) is 3.30. The molecule has 0 aliphatic heterocycles. The molecule has 0 unspecified atom stereocenters. The van der Waals surface area contributed by atoms with Crippen molar-refractivity contribution in [3.05, 3.63) is 78.6 Å². The molecule has 6 heteroatoms. The second kappa shape index (κ2) is 9.89. The summed E-state index contributed by atoms with van der Waals surface area (Å²) < 4.78 is 24.5. The molecule has 0 radical (unpaired) electrons. The molecule has 0 saturated carbocycles. The van der Waals surface area contributed by atoms with E-state index in [9.17, 15) is 0 Å². The van der Waals surface area contributed by atoms with Crippen molar-refractivity contribution in [2.45, 2.75) is 19.6 Å². The molecule has 0 aliphatic rings. The molecular weight excluding hydrogens is 392 g/mol. The first-order valence-electron chi connectivity index (χ1n) is 10.2. The lowest BCUT2D eigenvalue weighted by atomic mass is 10.3. The maximum absolute atomic E-state index is 5.98. The molecule has 0 spiro atoms. The van der Waals surface area contributed by atoms with Crippen molar-refractivity contribution >= 4 is 11.0 Å². The standard InChI is InChI=1S/C25H26N2O4/c1-28-19-11-13-20(14-12-19)31-18-25-26-23-9-3-4-10-24(23)27(25)15-6-16-30-22-8-5-7-21(17-22)29-2/h3-5,7-14,17H,6,15-16,18H2,1-2H3. The summed E-state index contributed by atoms with van der Waals surface area (Å²) in [5.41, 5.74) is 2.06. The van der Waals surface area contributed by atoms with Crippen molar-refractivity contribution in [3.8, 4) is 23.0 Å². The van der Waals surface area contributed by atoms with Crippen LogP contribution < -0.4 is 18.9 Å². The second-order valence-corrected chi connectivity index (χ2v) is 7.01. The minimum absolute atomic E-state index is 0.387. The zero-order valence-electron chi connectivity index (χ0n) is 17.8. The van der Waals surface area contributed by atoms with E-state index < -0.39 is 0 Å². The topological polar surface area (TPSA) is 54.7 Å². The fourth-order valence-corrected chi connectivity index (χ4v) is 3.41. The van der Waals surface area contributed by atoms with Gasteiger partial charge in [0.1, 0.15) is 35.4 Å². The van der Waals surface area contributed by atoms with Gasteiger partial charge in [0.15, 0.2) is 0 Å². The summed E-state index contributed by atoms with van der Waals surface area (Å²) in [4.78, 5) is 4.78. The Labute approximate surface area is 182 Å². The predicted molar refractivity (Wildman–Crippen MR) is 120 cm³/mol. The third-order valence-corrected chi connectivity index (χ3v) is 5.00. The highest BCUT2D eigenvalue weighted by atomic mass is 16.5. The molecule has 1 aromatic heterocycles. The highest BCUT2D eigenvalue weighted by Crippen LogP contribution is 2.22. The number of hydrogen-bond acceptors (Lipinski definition) is 5. The van der Waals surface area contributed by atoms with Crippen LogP contribution in [0.25, 0.3) is 11.0 Å². The number of fused-ring (bicyclic) bond motifs is 1. The van der Waals surface area contributed by atoms with Crippen molar-refractivity contribution < 1.29 is 18.9 Å². The molecule has 1 heterocycles. The molecule has 3 aromatic carbocycles. The summed E-state index contributed by atoms with van der Waals surface area (Å²) in [6.07, 6.45) is 0.840. The van der Waals surface area contributed by atoms with Crippen LogP contribution in [0.3, 0.4) is 0 Å². The highest BCUT2D eigenvalue weighted by molar-refractivity contribution is 5.75. The quantitative estimate of drug-likeness (QED) is 0.335. The molecule has 4 rings (SSSR count). The Bertz CT molecular complexity index is 1120. The molecule has 6 nitrogen and oxygen atoms in total. The van der Waals surface area contributed by atoms with Crippen LogP contribution in [0.5, 0.6) is 23.0 Å². The molecule has 0 N–H and O–H groups in total. The second-order valence-electron chi connectivity index (χ2n) is 7.01. The van der Waals surface area contributed by atoms with Gasteiger partial charge in [-0.2, -0.15) is 0 Å². The Morgan fingerprint density at radius 2 is 1.48 bits per heavy atom. The maximum atomic E-state index is 5.98. The van der Waals surface area contributed by atoms with Crippen LogP contribution in [0, 0.1) is 0 Å². The Morgan fingerprint density at radius 1 is 0.742 bits per heavy atom. The number of methoxy groups -OCH3 is 2. The molecule has 0 fully saturated rings. The smallest absolute Gasteiger partial charge is 0.147 e. The molecule has 160 valence electrons. The fourth-order valence-electron chi connectivity index (χ4n) is 3.41. The third kappa shape index (κ3) is 5.09. The molecule has 0 aliphatic carbocycles. The van der Waals surface area contributed by atoms with Crippen molar-refractivity contribution in [3.63, 3.8) is 0 Å². The van der Waals surface area contributed by atoms with Crippen molar-refractivity contribution in [2.75, 3.05) is 20.8 Å². The lowest BCUT2D eigenvalue weighted by Crippen LogP contribution is -2.10. The van der Waals surface area contributed by atoms with E-state index in [1.807, 2.05) is 66.7 Å². The van der Waals surface area contributed by atoms with Gasteiger partial charge in [0.2, 0.25) is 0 Å². The number of hydrogen-bond donors (Lipinski definition) is 0. The Balaban J connectivity index is 1.41. The van der Waals surface area contributed by atoms with Crippen LogP contribution in [0.2, 0.25) is 0 Å². The van der Waals surface area contributed by atoms with Gasteiger partial charge in [-0.15, -0.1) is 0 Å². The Kier molecular flexibility index (Phi) is 6.57. The first kappa shape index (κ1) is 20.6. The first-order valence-corrected chi connectivity index (χ1v) is 10.2. The SMILES string of the molecule is COc1ccc(OCc2nc3ccccc3n2CCCOc2cccc(OC)c2)cc1. The number of ether oxygens (including phenoxy) is 4. The van der Waals surface area contributed by atoms with E-state index in [2.05, 4.69) is 10.6 Å². The number of benzene rings is 3. The van der Waals surface area contributed by atoms with E-state index in [-0.39, 0.29) is 0 Å². The molecule has 31 heavy (non-hydrogen) atoms. The first-order chi connectivity index (χ1) is 15.3. The van der Waals surface area contributed by atoms with E-state index in [4.69, 9.17) is 23.9 Å². The summed E-state index contributed by atoms with van der Waals surface area (Å²) in [5.74, 6) is 4.06. The number of nitrogens with zero attached hydrogens (tertiary/aromatic N) is 2. The zero-order valence-corrected chi connectivity index (χ0v) is 17.8. The summed E-state index contributed by atoms with van der Waals surface area (Å²) in [5, 5.41) is 0. The number of aryl methyl sites for hydroxylation is 1. The largest absolute Gasteiger partial charge is 0.497 e. The summed E-state index contributed by atoms with van der Waals surface area (Å²) >= 11 is 0. The highest BCUT2D eigenvalue weighted by Gasteiger charge is 2.11. The molecular formula is C25H26N2O4. The Hall–Kier alpha value is -3.67. The normalized spacial score (nSPS) is 10.8. The third-order valence-electron chi connectivity index (χ3n) is 5.00. The lowest BCUT2D eigenvalue weighted by molar-refractivity contribution is 0.279. The molecule has 0 amide bonds. The van der Waals surface area contributed by atoms with E-state index in [0.29, 0.717) is 13.2 Å². The average Bonchev–Trinajstić information content (AvgIpc) is 3.18. The van der Waals surface area contributed by atoms with Gasteiger partial charge in [-0.3, -0.25) is 0 Å². The summed E-state index contributed by atoms with van der Waals surface area (Å²) in [6, 6.07) is 23.3. The lowest BCUT2D eigenvalue weighted by Gasteiger charge is -2.12. The van der Waals surface area contributed by atoms with Crippen LogP contribution in [0.15, 0.2) is 72.8 Å². The minimum atomic E-state index is 0.387. The van der Waals surface area contributed by atoms with Crippen molar-refractivity contribution in [1.82, 2.24) is 9.55 Å². The zero-order chi connectivity index (χ0) is 21.5. The monoisotopic (exact) mass is 418 g/mol. The Morgan fingerprint density at radius 3 is 2.29 bits per heavy atom. The van der Waals surface area contributed by atoms with Gasteiger partial charge in [0, 0.05) is 12.6 Å². The average molecular weight is 418 g/mol. The van der Waals surface area contributed by atoms with Crippen molar-refractivity contribution in [1.29, 1.82) is 0 Å². The van der Waals surface area contributed by atoms with E-state index in [0.717, 1.165) is 52.8 Å². The van der Waals surface area contributed by atoms with Crippen LogP contribution in [-0.2, 0) is 13.2 Å². The van der Waals surface area contributed by atoms with E-state index in [1.165, 1.54) is 0 Å². The van der Waals surface area contributed by atoms with Crippen LogP contribution >= 0.6 is 0 Å². The molecule has 4 aromatic rings. The maximum Gasteiger partial charge on any atom is 0.147 e. The van der Waals surface area contributed by atoms with Crippen LogP contribution in [-0.4, -0.2) is 30.4 Å². The van der Waals surface area contributed by atoms with Gasteiger partial charge in [0.25, 0.3) is 0 Å². The fraction of sp³-hybridized carbons (Fsp3) is 0.240. The van der Waals surface area contributed by atoms with Gasteiger partial charge < -0.3 is 23.5 Å². The molecule has 0 bridgehead atoms.